The van der Waals surface area contributed by atoms with E-state index in [1.165, 1.54) is 17.4 Å². The summed E-state index contributed by atoms with van der Waals surface area (Å²) in [5.74, 6) is -1.01. The number of nitro benzene ring substituents is 1. The highest BCUT2D eigenvalue weighted by molar-refractivity contribution is 7.17. The number of aryl methyl sites for hydroxylation is 3. The lowest BCUT2D eigenvalue weighted by atomic mass is 9.95. The molecule has 0 fully saturated rings. The molecule has 1 aliphatic rings. The molecule has 8 nitrogen and oxygen atoms in total. The number of carbonyl (C=O) groups excluding carboxylic acids is 2. The Kier molecular flexibility index (Phi) is 5.64. The van der Waals surface area contributed by atoms with E-state index in [4.69, 9.17) is 10.5 Å². The summed E-state index contributed by atoms with van der Waals surface area (Å²) in [6, 6.07) is 3.15. The average Bonchev–Trinajstić information content (AvgIpc) is 2.98. The van der Waals surface area contributed by atoms with E-state index in [0.717, 1.165) is 41.7 Å². The molecule has 148 valence electrons. The SMILES string of the molecule is Cc1cc(C)c(OCC(=O)Nc2sc3c(c2C(N)=O)CCCC3)c([N+](=O)[O-])c1. The van der Waals surface area contributed by atoms with Crippen molar-refractivity contribution < 1.29 is 19.2 Å². The van der Waals surface area contributed by atoms with Gasteiger partial charge in [-0.15, -0.1) is 11.3 Å². The number of amides is 2. The molecule has 2 aromatic rings. The number of primary amides is 1. The largest absolute Gasteiger partial charge is 0.477 e. The molecular weight excluding hydrogens is 382 g/mol. The zero-order chi connectivity index (χ0) is 20.4. The molecule has 0 unspecified atom stereocenters. The molecule has 1 aromatic heterocycles. The van der Waals surface area contributed by atoms with Crippen LogP contribution in [0.25, 0.3) is 0 Å². The number of benzene rings is 1. The van der Waals surface area contributed by atoms with Gasteiger partial charge in [-0.05, 0) is 56.2 Å². The van der Waals surface area contributed by atoms with Crippen molar-refractivity contribution >= 4 is 33.8 Å². The Morgan fingerprint density at radius 1 is 1.29 bits per heavy atom. The normalized spacial score (nSPS) is 12.9. The Labute approximate surface area is 165 Å². The van der Waals surface area contributed by atoms with Crippen LogP contribution in [0, 0.1) is 24.0 Å². The summed E-state index contributed by atoms with van der Waals surface area (Å²) in [4.78, 5) is 36.1. The molecule has 3 rings (SSSR count). The Balaban J connectivity index is 1.77. The third-order valence-corrected chi connectivity index (χ3v) is 5.82. The van der Waals surface area contributed by atoms with E-state index in [0.29, 0.717) is 16.1 Å². The second-order valence-corrected chi connectivity index (χ2v) is 7.91. The summed E-state index contributed by atoms with van der Waals surface area (Å²) in [7, 11) is 0. The average molecular weight is 403 g/mol. The molecule has 0 bridgehead atoms. The highest BCUT2D eigenvalue weighted by Crippen LogP contribution is 2.38. The molecule has 0 aliphatic heterocycles. The standard InChI is InChI=1S/C19H21N3O5S/c1-10-7-11(2)17(13(8-10)22(25)26)27-9-15(23)21-19-16(18(20)24)12-5-3-4-6-14(12)28-19/h7-8H,3-6,9H2,1-2H3,(H2,20,24)(H,21,23). The van der Waals surface area contributed by atoms with Gasteiger partial charge in [-0.2, -0.15) is 0 Å². The predicted molar refractivity (Wildman–Crippen MR) is 106 cm³/mol. The number of rotatable bonds is 6. The van der Waals surface area contributed by atoms with Gasteiger partial charge in [0.1, 0.15) is 5.00 Å². The molecule has 1 heterocycles. The minimum absolute atomic E-state index is 0.0614. The summed E-state index contributed by atoms with van der Waals surface area (Å²) in [5, 5.41) is 14.4. The van der Waals surface area contributed by atoms with Crippen LogP contribution in [-0.2, 0) is 17.6 Å². The van der Waals surface area contributed by atoms with E-state index in [1.807, 2.05) is 0 Å². The van der Waals surface area contributed by atoms with Gasteiger partial charge in [0.2, 0.25) is 5.75 Å². The highest BCUT2D eigenvalue weighted by atomic mass is 32.1. The molecule has 3 N–H and O–H groups in total. The van der Waals surface area contributed by atoms with E-state index in [9.17, 15) is 19.7 Å². The van der Waals surface area contributed by atoms with Crippen molar-refractivity contribution in [3.63, 3.8) is 0 Å². The first-order chi connectivity index (χ1) is 13.3. The number of hydrogen-bond acceptors (Lipinski definition) is 6. The number of fused-ring (bicyclic) bond motifs is 1. The van der Waals surface area contributed by atoms with Gasteiger partial charge >= 0.3 is 5.69 Å². The topological polar surface area (TPSA) is 125 Å². The van der Waals surface area contributed by atoms with Crippen molar-refractivity contribution in [2.75, 3.05) is 11.9 Å². The second-order valence-electron chi connectivity index (χ2n) is 6.80. The van der Waals surface area contributed by atoms with Gasteiger partial charge < -0.3 is 15.8 Å². The van der Waals surface area contributed by atoms with Crippen LogP contribution in [0.5, 0.6) is 5.75 Å². The summed E-state index contributed by atoms with van der Waals surface area (Å²) in [6.45, 7) is 3.03. The molecular formula is C19H21N3O5S. The Morgan fingerprint density at radius 2 is 2.00 bits per heavy atom. The zero-order valence-corrected chi connectivity index (χ0v) is 16.5. The minimum atomic E-state index is -0.569. The smallest absolute Gasteiger partial charge is 0.311 e. The zero-order valence-electron chi connectivity index (χ0n) is 15.7. The Bertz CT molecular complexity index is 967. The van der Waals surface area contributed by atoms with E-state index < -0.39 is 23.3 Å². The lowest BCUT2D eigenvalue weighted by Crippen LogP contribution is -2.23. The second kappa shape index (κ2) is 7.97. The number of nitrogens with two attached hydrogens (primary N) is 1. The molecule has 1 aliphatic carbocycles. The number of thiophene rings is 1. The van der Waals surface area contributed by atoms with Crippen LogP contribution in [-0.4, -0.2) is 23.3 Å². The number of ether oxygens (including phenoxy) is 1. The Morgan fingerprint density at radius 3 is 2.68 bits per heavy atom. The maximum absolute atomic E-state index is 12.4. The first kappa shape index (κ1) is 19.8. The van der Waals surface area contributed by atoms with Crippen LogP contribution < -0.4 is 15.8 Å². The molecule has 0 radical (unpaired) electrons. The van der Waals surface area contributed by atoms with Crippen LogP contribution in [0.2, 0.25) is 0 Å². The number of hydrogen-bond donors (Lipinski definition) is 2. The first-order valence-corrected chi connectivity index (χ1v) is 9.72. The van der Waals surface area contributed by atoms with Crippen LogP contribution >= 0.6 is 11.3 Å². The molecule has 1 aromatic carbocycles. The number of nitrogens with one attached hydrogen (secondary N) is 1. The number of nitro groups is 1. The van der Waals surface area contributed by atoms with Gasteiger partial charge in [-0.3, -0.25) is 19.7 Å². The third kappa shape index (κ3) is 3.99. The quantitative estimate of drug-likeness (QED) is 0.566. The summed E-state index contributed by atoms with van der Waals surface area (Å²) >= 11 is 1.36. The maximum atomic E-state index is 12.4. The van der Waals surface area contributed by atoms with Gasteiger partial charge in [0.15, 0.2) is 6.61 Å². The van der Waals surface area contributed by atoms with Gasteiger partial charge in [0.05, 0.1) is 10.5 Å². The molecule has 0 atom stereocenters. The molecule has 0 spiro atoms. The molecule has 28 heavy (non-hydrogen) atoms. The summed E-state index contributed by atoms with van der Waals surface area (Å²) < 4.78 is 5.46. The van der Waals surface area contributed by atoms with Crippen LogP contribution in [0.3, 0.4) is 0 Å². The fraction of sp³-hybridized carbons (Fsp3) is 0.368. The fourth-order valence-corrected chi connectivity index (χ4v) is 4.78. The first-order valence-electron chi connectivity index (χ1n) is 8.90. The van der Waals surface area contributed by atoms with E-state index in [1.54, 1.807) is 19.9 Å². The number of nitrogens with zero attached hydrogens (tertiary/aromatic N) is 1. The lowest BCUT2D eigenvalue weighted by Gasteiger charge is -2.11. The fourth-order valence-electron chi connectivity index (χ4n) is 3.47. The summed E-state index contributed by atoms with van der Waals surface area (Å²) in [5.41, 5.74) is 7.93. The third-order valence-electron chi connectivity index (χ3n) is 4.61. The van der Waals surface area contributed by atoms with Crippen molar-refractivity contribution in [1.29, 1.82) is 0 Å². The van der Waals surface area contributed by atoms with Crippen LogP contribution in [0.15, 0.2) is 12.1 Å². The number of carbonyl (C=O) groups is 2. The molecule has 0 saturated carbocycles. The van der Waals surface area contributed by atoms with Crippen molar-refractivity contribution in [1.82, 2.24) is 0 Å². The Hall–Kier alpha value is -2.94. The number of anilines is 1. The maximum Gasteiger partial charge on any atom is 0.311 e. The van der Waals surface area contributed by atoms with Crippen molar-refractivity contribution in [3.8, 4) is 5.75 Å². The lowest BCUT2D eigenvalue weighted by molar-refractivity contribution is -0.385. The van der Waals surface area contributed by atoms with Crippen LogP contribution in [0.4, 0.5) is 10.7 Å². The van der Waals surface area contributed by atoms with Crippen molar-refractivity contribution in [2.45, 2.75) is 39.5 Å². The minimum Gasteiger partial charge on any atom is -0.477 e. The van der Waals surface area contributed by atoms with Crippen molar-refractivity contribution in [3.05, 3.63) is 49.4 Å². The van der Waals surface area contributed by atoms with E-state index >= 15 is 0 Å². The van der Waals surface area contributed by atoms with E-state index in [2.05, 4.69) is 5.32 Å². The van der Waals surface area contributed by atoms with E-state index in [-0.39, 0.29) is 11.4 Å². The van der Waals surface area contributed by atoms with Gasteiger partial charge in [-0.25, -0.2) is 0 Å². The van der Waals surface area contributed by atoms with Gasteiger partial charge in [0.25, 0.3) is 11.8 Å². The van der Waals surface area contributed by atoms with Gasteiger partial charge in [-0.1, -0.05) is 6.07 Å². The van der Waals surface area contributed by atoms with Gasteiger partial charge in [0, 0.05) is 10.9 Å². The molecule has 0 saturated heterocycles. The molecule has 9 heteroatoms. The van der Waals surface area contributed by atoms with Crippen LogP contribution in [0.1, 0.15) is 44.8 Å². The molecule has 2 amide bonds. The predicted octanol–water partition coefficient (Wildman–Crippen LogP) is 3.27. The highest BCUT2D eigenvalue weighted by Gasteiger charge is 2.25. The monoisotopic (exact) mass is 403 g/mol. The van der Waals surface area contributed by atoms with Crippen molar-refractivity contribution in [2.24, 2.45) is 5.73 Å². The summed E-state index contributed by atoms with van der Waals surface area (Å²) in [6.07, 6.45) is 3.65.